The summed E-state index contributed by atoms with van der Waals surface area (Å²) in [4.78, 5) is 20.8. The Morgan fingerprint density at radius 2 is 1.76 bits per heavy atom. The summed E-state index contributed by atoms with van der Waals surface area (Å²) in [5.74, 6) is 0.574. The number of fused-ring (bicyclic) bond motifs is 1. The van der Waals surface area contributed by atoms with Gasteiger partial charge in [-0.2, -0.15) is 0 Å². The summed E-state index contributed by atoms with van der Waals surface area (Å²) >= 11 is 6.07. The van der Waals surface area contributed by atoms with Crippen LogP contribution in [0.1, 0.15) is 5.69 Å². The molecule has 10 heteroatoms. The van der Waals surface area contributed by atoms with Gasteiger partial charge in [-0.25, -0.2) is 18.1 Å². The lowest BCUT2D eigenvalue weighted by Gasteiger charge is -2.07. The number of hydrogen-bond acceptors (Lipinski definition) is 4. The maximum absolute atomic E-state index is 13.2. The first-order valence-corrected chi connectivity index (χ1v) is 12.2. The van der Waals surface area contributed by atoms with Gasteiger partial charge in [-0.1, -0.05) is 41.9 Å². The molecule has 0 bridgehead atoms. The van der Waals surface area contributed by atoms with Crippen LogP contribution < -0.4 is 10.3 Å². The van der Waals surface area contributed by atoms with Crippen molar-refractivity contribution in [2.45, 2.75) is 11.8 Å². The Morgan fingerprint density at radius 1 is 1.00 bits per heavy atom. The van der Waals surface area contributed by atoms with E-state index in [-0.39, 0.29) is 10.6 Å². The van der Waals surface area contributed by atoms with Gasteiger partial charge in [0.15, 0.2) is 0 Å². The molecular formula is C24H20ClN5O3S. The zero-order chi connectivity index (χ0) is 24.0. The van der Waals surface area contributed by atoms with E-state index in [0.29, 0.717) is 33.3 Å². The minimum absolute atomic E-state index is 0.00400. The van der Waals surface area contributed by atoms with E-state index in [1.807, 2.05) is 30.3 Å². The van der Waals surface area contributed by atoms with Crippen molar-refractivity contribution in [3.63, 3.8) is 0 Å². The van der Waals surface area contributed by atoms with Gasteiger partial charge in [-0.15, -0.1) is 0 Å². The van der Waals surface area contributed by atoms with Crippen LogP contribution in [0.4, 0.5) is 5.69 Å². The molecule has 34 heavy (non-hydrogen) atoms. The lowest BCUT2D eigenvalue weighted by molar-refractivity contribution is 0.601. The van der Waals surface area contributed by atoms with Crippen LogP contribution in [0, 0.1) is 6.92 Å². The van der Waals surface area contributed by atoms with Gasteiger partial charge in [-0.3, -0.25) is 14.2 Å². The van der Waals surface area contributed by atoms with Crippen molar-refractivity contribution >= 4 is 38.3 Å². The number of sulfonamides is 1. The summed E-state index contributed by atoms with van der Waals surface area (Å²) in [7, 11) is -2.34. The highest BCUT2D eigenvalue weighted by Gasteiger charge is 2.23. The van der Waals surface area contributed by atoms with E-state index in [4.69, 9.17) is 11.6 Å². The van der Waals surface area contributed by atoms with Gasteiger partial charge in [0.05, 0.1) is 27.3 Å². The van der Waals surface area contributed by atoms with E-state index in [0.717, 1.165) is 5.56 Å². The van der Waals surface area contributed by atoms with Crippen molar-refractivity contribution in [3.8, 4) is 17.1 Å². The van der Waals surface area contributed by atoms with E-state index in [1.54, 1.807) is 49.0 Å². The molecular weight excluding hydrogens is 474 g/mol. The third-order valence-corrected chi connectivity index (χ3v) is 7.23. The van der Waals surface area contributed by atoms with E-state index < -0.39 is 15.6 Å². The molecule has 0 fully saturated rings. The molecule has 172 valence electrons. The first kappa shape index (κ1) is 22.0. The van der Waals surface area contributed by atoms with Crippen LogP contribution in [0.15, 0.2) is 82.5 Å². The van der Waals surface area contributed by atoms with E-state index in [1.165, 1.54) is 16.8 Å². The molecule has 3 aromatic carbocycles. The number of para-hydroxylation sites is 1. The molecule has 0 saturated heterocycles. The highest BCUT2D eigenvalue weighted by atomic mass is 35.5. The number of rotatable bonds is 5. The second kappa shape index (κ2) is 8.19. The standard InChI is InChI=1S/C24H20ClN5O3S/c1-15-22(24(31)30(29(15)2)18-9-4-3-5-10-18)28-34(32,33)19-11-12-20-21(14-19)27-23(26-20)16-7-6-8-17(25)13-16/h3-14,28H,1-2H3,(H,26,27). The van der Waals surface area contributed by atoms with Crippen LogP contribution in [-0.4, -0.2) is 27.7 Å². The maximum Gasteiger partial charge on any atom is 0.296 e. The normalized spacial score (nSPS) is 11.7. The Labute approximate surface area is 200 Å². The maximum atomic E-state index is 13.2. The Morgan fingerprint density at radius 3 is 2.50 bits per heavy atom. The number of nitrogens with zero attached hydrogens (tertiary/aromatic N) is 3. The summed E-state index contributed by atoms with van der Waals surface area (Å²) in [5.41, 5.74) is 2.60. The Balaban J connectivity index is 1.52. The first-order valence-electron chi connectivity index (χ1n) is 10.4. The molecule has 0 aliphatic rings. The SMILES string of the molecule is Cc1c(NS(=O)(=O)c2ccc3nc(-c4cccc(Cl)c4)[nH]c3c2)c(=O)n(-c2ccccc2)n1C. The Hall–Kier alpha value is -3.82. The molecule has 0 spiro atoms. The summed E-state index contributed by atoms with van der Waals surface area (Å²) in [6.07, 6.45) is 0. The molecule has 0 aliphatic heterocycles. The number of nitrogens with one attached hydrogen (secondary N) is 2. The third-order valence-electron chi connectivity index (χ3n) is 5.65. The molecule has 8 nitrogen and oxygen atoms in total. The smallest absolute Gasteiger partial charge is 0.296 e. The second-order valence-corrected chi connectivity index (χ2v) is 9.94. The number of hydrogen-bond donors (Lipinski definition) is 2. The zero-order valence-electron chi connectivity index (χ0n) is 18.3. The molecule has 2 aromatic heterocycles. The molecule has 0 radical (unpaired) electrons. The predicted molar refractivity (Wildman–Crippen MR) is 133 cm³/mol. The number of aromatic amines is 1. The van der Waals surface area contributed by atoms with Crippen LogP contribution in [0.3, 0.4) is 0 Å². The van der Waals surface area contributed by atoms with Crippen LogP contribution in [0.5, 0.6) is 0 Å². The molecule has 0 amide bonds. The third kappa shape index (κ3) is 3.78. The molecule has 2 heterocycles. The van der Waals surface area contributed by atoms with Crippen molar-refractivity contribution < 1.29 is 8.42 Å². The fraction of sp³-hybridized carbons (Fsp3) is 0.0833. The largest absolute Gasteiger partial charge is 0.338 e. The molecule has 5 aromatic rings. The summed E-state index contributed by atoms with van der Waals surface area (Å²) in [5, 5.41) is 0.574. The van der Waals surface area contributed by atoms with Crippen LogP contribution >= 0.6 is 11.6 Å². The lowest BCUT2D eigenvalue weighted by Crippen LogP contribution is -2.23. The molecule has 0 aliphatic carbocycles. The van der Waals surface area contributed by atoms with Gasteiger partial charge in [0.25, 0.3) is 15.6 Å². The minimum atomic E-state index is -4.04. The minimum Gasteiger partial charge on any atom is -0.338 e. The number of imidazole rings is 1. The first-order chi connectivity index (χ1) is 16.2. The second-order valence-electron chi connectivity index (χ2n) is 7.82. The molecule has 2 N–H and O–H groups in total. The summed E-state index contributed by atoms with van der Waals surface area (Å²) in [6, 6.07) is 20.8. The highest BCUT2D eigenvalue weighted by Crippen LogP contribution is 2.26. The lowest BCUT2D eigenvalue weighted by atomic mass is 10.2. The van der Waals surface area contributed by atoms with Crippen molar-refractivity contribution in [1.82, 2.24) is 19.3 Å². The van der Waals surface area contributed by atoms with E-state index >= 15 is 0 Å². The van der Waals surface area contributed by atoms with Crippen LogP contribution in [0.2, 0.25) is 5.02 Å². The van der Waals surface area contributed by atoms with Crippen molar-refractivity contribution in [2.75, 3.05) is 4.72 Å². The molecule has 0 unspecified atom stereocenters. The van der Waals surface area contributed by atoms with Crippen molar-refractivity contribution in [2.24, 2.45) is 7.05 Å². The number of anilines is 1. The van der Waals surface area contributed by atoms with Crippen LogP contribution in [-0.2, 0) is 17.1 Å². The topological polar surface area (TPSA) is 102 Å². The van der Waals surface area contributed by atoms with Gasteiger partial charge in [0.1, 0.15) is 11.5 Å². The average molecular weight is 494 g/mol. The number of benzene rings is 3. The molecule has 0 saturated carbocycles. The van der Waals surface area contributed by atoms with Gasteiger partial charge >= 0.3 is 0 Å². The summed E-state index contributed by atoms with van der Waals surface area (Å²) < 4.78 is 31.9. The van der Waals surface area contributed by atoms with E-state index in [9.17, 15) is 13.2 Å². The average Bonchev–Trinajstić information content (AvgIpc) is 3.34. The van der Waals surface area contributed by atoms with E-state index in [2.05, 4.69) is 14.7 Å². The zero-order valence-corrected chi connectivity index (χ0v) is 19.9. The summed E-state index contributed by atoms with van der Waals surface area (Å²) in [6.45, 7) is 1.69. The quantitative estimate of drug-likeness (QED) is 0.377. The van der Waals surface area contributed by atoms with Crippen molar-refractivity contribution in [3.05, 3.63) is 93.9 Å². The Bertz CT molecular complexity index is 1700. The number of halogens is 1. The number of aromatic nitrogens is 4. The van der Waals surface area contributed by atoms with Gasteiger partial charge < -0.3 is 4.98 Å². The van der Waals surface area contributed by atoms with Crippen LogP contribution in [0.25, 0.3) is 28.1 Å². The fourth-order valence-electron chi connectivity index (χ4n) is 3.81. The monoisotopic (exact) mass is 493 g/mol. The molecule has 5 rings (SSSR count). The Kier molecular flexibility index (Phi) is 5.30. The highest BCUT2D eigenvalue weighted by molar-refractivity contribution is 7.92. The predicted octanol–water partition coefficient (Wildman–Crippen LogP) is 4.48. The van der Waals surface area contributed by atoms with Gasteiger partial charge in [0.2, 0.25) is 0 Å². The molecule has 0 atom stereocenters. The number of H-pyrrole nitrogens is 1. The van der Waals surface area contributed by atoms with Gasteiger partial charge in [0, 0.05) is 17.6 Å². The van der Waals surface area contributed by atoms with Gasteiger partial charge in [-0.05, 0) is 49.4 Å². The fourth-order valence-corrected chi connectivity index (χ4v) is 5.14. The van der Waals surface area contributed by atoms with Crippen molar-refractivity contribution in [1.29, 1.82) is 0 Å².